The lowest BCUT2D eigenvalue weighted by molar-refractivity contribution is -0.273. The third-order valence-corrected chi connectivity index (χ3v) is 2.07. The second-order valence-electron chi connectivity index (χ2n) is 3.86. The van der Waals surface area contributed by atoms with Crippen molar-refractivity contribution in [3.8, 4) is 0 Å². The van der Waals surface area contributed by atoms with Crippen molar-refractivity contribution in [3.05, 3.63) is 0 Å². The molecule has 0 saturated carbocycles. The Bertz CT molecular complexity index is 227. The predicted octanol–water partition coefficient (Wildman–Crippen LogP) is 0.426. The predicted molar refractivity (Wildman–Crippen MR) is 46.5 cm³/mol. The molecule has 3 atom stereocenters. The normalized spacial score (nSPS) is 31.2. The Morgan fingerprint density at radius 3 is 2.71 bits per heavy atom. The second-order valence-corrected chi connectivity index (χ2v) is 3.86. The molecule has 1 fully saturated rings. The average molecular weight is 206 g/mol. The van der Waals surface area contributed by atoms with Crippen LogP contribution in [0.25, 0.3) is 0 Å². The summed E-state index contributed by atoms with van der Waals surface area (Å²) < 4.78 is 23.0. The Morgan fingerprint density at radius 2 is 2.21 bits per heavy atom. The minimum absolute atomic E-state index is 0.151. The van der Waals surface area contributed by atoms with E-state index in [2.05, 4.69) is 0 Å². The summed E-state index contributed by atoms with van der Waals surface area (Å²) >= 11 is 0. The molecule has 0 aromatic carbocycles. The molecule has 1 rings (SSSR count). The van der Waals surface area contributed by atoms with Gasteiger partial charge in [0, 0.05) is 0 Å². The van der Waals surface area contributed by atoms with Crippen molar-refractivity contribution in [1.82, 2.24) is 0 Å². The van der Waals surface area contributed by atoms with Crippen LogP contribution >= 0.6 is 0 Å². The Balaban J connectivity index is 2.70. The summed E-state index contributed by atoms with van der Waals surface area (Å²) in [6.45, 7) is 4.26. The summed E-state index contributed by atoms with van der Waals surface area (Å²) in [6.07, 6.45) is -4.05. The summed E-state index contributed by atoms with van der Waals surface area (Å²) in [6, 6.07) is 0. The first-order valence-electron chi connectivity index (χ1n) is 4.50. The van der Waals surface area contributed by atoms with E-state index in [1.807, 2.05) is 0 Å². The van der Waals surface area contributed by atoms with Crippen LogP contribution in [0.15, 0.2) is 0 Å². The molecule has 82 valence electrons. The summed E-state index contributed by atoms with van der Waals surface area (Å²) in [7, 11) is 0. The van der Waals surface area contributed by atoms with Crippen LogP contribution in [-0.4, -0.2) is 41.7 Å². The highest BCUT2D eigenvalue weighted by Gasteiger charge is 2.41. The van der Waals surface area contributed by atoms with Gasteiger partial charge in [0.1, 0.15) is 18.9 Å². The molecule has 1 aliphatic heterocycles. The first-order valence-corrected chi connectivity index (χ1v) is 4.50. The lowest BCUT2D eigenvalue weighted by Crippen LogP contribution is -2.53. The molecule has 1 heterocycles. The van der Waals surface area contributed by atoms with Gasteiger partial charge in [0.05, 0.1) is 0 Å². The molecule has 1 saturated heterocycles. The fourth-order valence-electron chi connectivity index (χ4n) is 1.23. The van der Waals surface area contributed by atoms with Crippen molar-refractivity contribution in [2.75, 3.05) is 6.61 Å². The van der Waals surface area contributed by atoms with Crippen molar-refractivity contribution < 1.29 is 23.8 Å². The number of carbonyl (C=O) groups excluding carboxylic acids is 1. The number of aliphatic hydroxyl groups excluding tert-OH is 1. The lowest BCUT2D eigenvalue weighted by atomic mass is 10.0. The number of Topliss-reactive ketones (excluding diaryl/α,β-unsaturated/α-hetero) is 1. The van der Waals surface area contributed by atoms with Gasteiger partial charge in [-0.3, -0.25) is 4.79 Å². The van der Waals surface area contributed by atoms with Gasteiger partial charge in [0.25, 0.3) is 0 Å². The number of carbonyl (C=O) groups is 1. The molecule has 0 amide bonds. The number of ether oxygens (including phenoxy) is 2. The van der Waals surface area contributed by atoms with Crippen LogP contribution in [0.1, 0.15) is 20.8 Å². The summed E-state index contributed by atoms with van der Waals surface area (Å²) in [5.74, 6) is -1.38. The number of hydrogen-bond acceptors (Lipinski definition) is 4. The lowest BCUT2D eigenvalue weighted by Gasteiger charge is -2.37. The largest absolute Gasteiger partial charge is 0.387 e. The molecule has 14 heavy (non-hydrogen) atoms. The summed E-state index contributed by atoms with van der Waals surface area (Å²) in [4.78, 5) is 11.3. The monoisotopic (exact) mass is 206 g/mol. The van der Waals surface area contributed by atoms with Crippen LogP contribution < -0.4 is 0 Å². The van der Waals surface area contributed by atoms with Crippen molar-refractivity contribution in [3.63, 3.8) is 0 Å². The zero-order valence-corrected chi connectivity index (χ0v) is 8.49. The maximum atomic E-state index is 12.8. The van der Waals surface area contributed by atoms with Crippen LogP contribution in [0, 0.1) is 0 Å². The summed E-state index contributed by atoms with van der Waals surface area (Å²) in [5.41, 5.74) is 0. The first-order chi connectivity index (χ1) is 6.33. The molecule has 0 radical (unpaired) electrons. The van der Waals surface area contributed by atoms with Gasteiger partial charge in [-0.15, -0.1) is 0 Å². The SMILES string of the molecule is CC(F)[C@H](O)[C@@H]1OC(C)(C)OCC1=O. The maximum absolute atomic E-state index is 12.8. The van der Waals surface area contributed by atoms with Crippen molar-refractivity contribution >= 4 is 5.78 Å². The molecule has 4 nitrogen and oxygen atoms in total. The summed E-state index contributed by atoms with van der Waals surface area (Å²) in [5, 5.41) is 9.38. The van der Waals surface area contributed by atoms with Gasteiger partial charge >= 0.3 is 0 Å². The van der Waals surface area contributed by atoms with E-state index in [1.165, 1.54) is 6.92 Å². The van der Waals surface area contributed by atoms with E-state index >= 15 is 0 Å². The van der Waals surface area contributed by atoms with Gasteiger partial charge in [0.2, 0.25) is 0 Å². The second kappa shape index (κ2) is 3.92. The Hall–Kier alpha value is -0.520. The zero-order chi connectivity index (χ0) is 10.9. The van der Waals surface area contributed by atoms with E-state index in [-0.39, 0.29) is 6.61 Å². The van der Waals surface area contributed by atoms with Crippen LogP contribution in [0.3, 0.4) is 0 Å². The Labute approximate surface area is 82.0 Å². The van der Waals surface area contributed by atoms with Crippen molar-refractivity contribution in [2.45, 2.75) is 44.9 Å². The van der Waals surface area contributed by atoms with E-state index in [0.29, 0.717) is 0 Å². The van der Waals surface area contributed by atoms with Gasteiger partial charge in [-0.1, -0.05) is 0 Å². The van der Waals surface area contributed by atoms with Gasteiger partial charge in [-0.25, -0.2) is 4.39 Å². The van der Waals surface area contributed by atoms with E-state index in [1.54, 1.807) is 13.8 Å². The van der Waals surface area contributed by atoms with Gasteiger partial charge in [-0.2, -0.15) is 0 Å². The van der Waals surface area contributed by atoms with Crippen LogP contribution in [0.2, 0.25) is 0 Å². The van der Waals surface area contributed by atoms with E-state index in [0.717, 1.165) is 0 Å². The highest BCUT2D eigenvalue weighted by atomic mass is 19.1. The number of ketones is 1. The third kappa shape index (κ3) is 2.50. The topological polar surface area (TPSA) is 55.8 Å². The van der Waals surface area contributed by atoms with E-state index < -0.39 is 29.9 Å². The zero-order valence-electron chi connectivity index (χ0n) is 8.49. The minimum atomic E-state index is -1.50. The Morgan fingerprint density at radius 1 is 1.64 bits per heavy atom. The highest BCUT2D eigenvalue weighted by Crippen LogP contribution is 2.23. The molecule has 1 aliphatic rings. The van der Waals surface area contributed by atoms with Gasteiger partial charge in [0.15, 0.2) is 17.7 Å². The fourth-order valence-corrected chi connectivity index (χ4v) is 1.23. The molecule has 0 aromatic heterocycles. The average Bonchev–Trinajstić information content (AvgIpc) is 2.08. The minimum Gasteiger partial charge on any atom is -0.387 e. The molecular weight excluding hydrogens is 191 g/mol. The molecule has 0 bridgehead atoms. The molecule has 5 heteroatoms. The smallest absolute Gasteiger partial charge is 0.190 e. The third-order valence-electron chi connectivity index (χ3n) is 2.07. The molecule has 1 N–H and O–H groups in total. The quantitative estimate of drug-likeness (QED) is 0.711. The number of halogens is 1. The standard InChI is InChI=1S/C9H15FO4/c1-5(10)7(12)8-6(11)4-13-9(2,3)14-8/h5,7-8,12H,4H2,1-3H3/t5?,7-,8+/m0/s1. The molecule has 0 aliphatic carbocycles. The van der Waals surface area contributed by atoms with E-state index in [4.69, 9.17) is 9.47 Å². The van der Waals surface area contributed by atoms with E-state index in [9.17, 15) is 14.3 Å². The number of alkyl halides is 1. The van der Waals surface area contributed by atoms with Crippen molar-refractivity contribution in [2.24, 2.45) is 0 Å². The number of aliphatic hydroxyl groups is 1. The maximum Gasteiger partial charge on any atom is 0.190 e. The first kappa shape index (κ1) is 11.6. The van der Waals surface area contributed by atoms with Gasteiger partial charge in [-0.05, 0) is 20.8 Å². The number of hydrogen-bond donors (Lipinski definition) is 1. The van der Waals surface area contributed by atoms with Crippen molar-refractivity contribution in [1.29, 1.82) is 0 Å². The number of rotatable bonds is 2. The Kier molecular flexibility index (Phi) is 3.24. The molecular formula is C9H15FO4. The van der Waals surface area contributed by atoms with Gasteiger partial charge < -0.3 is 14.6 Å². The van der Waals surface area contributed by atoms with Crippen LogP contribution in [-0.2, 0) is 14.3 Å². The fraction of sp³-hybridized carbons (Fsp3) is 0.889. The molecule has 0 spiro atoms. The van der Waals surface area contributed by atoms with Crippen LogP contribution in [0.4, 0.5) is 4.39 Å². The van der Waals surface area contributed by atoms with Crippen LogP contribution in [0.5, 0.6) is 0 Å². The molecule has 0 aromatic rings. The molecule has 1 unspecified atom stereocenters. The highest BCUT2D eigenvalue weighted by molar-refractivity contribution is 5.85.